The Labute approximate surface area is 132 Å². The maximum absolute atomic E-state index is 13.0. The van der Waals surface area contributed by atoms with Crippen LogP contribution in [0, 0.1) is 0 Å². The monoisotopic (exact) mass is 404 g/mol. The molecule has 0 heterocycles. The molecule has 0 aromatic heterocycles. The molecule has 15 heteroatoms. The first-order chi connectivity index (χ1) is 10.9. The summed E-state index contributed by atoms with van der Waals surface area (Å²) in [6, 6.07) is -0.884. The topological polar surface area (TPSA) is 101 Å². The Morgan fingerprint density at radius 2 is 1.28 bits per heavy atom. The Kier molecular flexibility index (Phi) is 4.99. The molecule has 0 spiro atoms. The number of esters is 1. The van der Waals surface area contributed by atoms with Gasteiger partial charge in [0.05, 0.1) is 0 Å². The summed E-state index contributed by atoms with van der Waals surface area (Å²) in [5.74, 6) is -7.28. The van der Waals surface area contributed by atoms with E-state index in [0.29, 0.717) is 0 Å². The number of phenolic OH excluding ortho intramolecular Hbond substituents is 1. The third-order valence-electron chi connectivity index (χ3n) is 2.47. The van der Waals surface area contributed by atoms with Gasteiger partial charge in [0.15, 0.2) is 0 Å². The van der Waals surface area contributed by atoms with Crippen LogP contribution in [-0.2, 0) is 27.3 Å². The molecule has 0 amide bonds. The number of alkyl halides is 8. The number of phenols is 1. The highest BCUT2D eigenvalue weighted by Crippen LogP contribution is 2.45. The summed E-state index contributed by atoms with van der Waals surface area (Å²) in [6.07, 6.45) is -11.2. The van der Waals surface area contributed by atoms with E-state index in [4.69, 9.17) is 9.66 Å². The van der Waals surface area contributed by atoms with E-state index >= 15 is 0 Å². The van der Waals surface area contributed by atoms with Gasteiger partial charge in [-0.2, -0.15) is 43.5 Å². The van der Waals surface area contributed by atoms with Crippen molar-refractivity contribution in [2.45, 2.75) is 17.6 Å². The highest BCUT2D eigenvalue weighted by molar-refractivity contribution is 7.87. The van der Waals surface area contributed by atoms with Gasteiger partial charge in [0.2, 0.25) is 0 Å². The fourth-order valence-corrected chi connectivity index (χ4v) is 1.62. The van der Waals surface area contributed by atoms with Crippen molar-refractivity contribution in [3.05, 3.63) is 23.3 Å². The maximum atomic E-state index is 13.0. The van der Waals surface area contributed by atoms with E-state index in [1.54, 1.807) is 0 Å². The average molecular weight is 404 g/mol. The van der Waals surface area contributed by atoms with Crippen molar-refractivity contribution < 1.29 is 62.7 Å². The summed E-state index contributed by atoms with van der Waals surface area (Å²) in [7, 11) is -6.41. The molecule has 1 aromatic rings. The molecule has 0 bridgehead atoms. The van der Waals surface area contributed by atoms with Gasteiger partial charge in [-0.05, 0) is 12.1 Å². The lowest BCUT2D eigenvalue weighted by Crippen LogP contribution is -2.40. The van der Waals surface area contributed by atoms with E-state index < -0.39 is 68.5 Å². The van der Waals surface area contributed by atoms with E-state index in [0.717, 1.165) is 0 Å². The van der Waals surface area contributed by atoms with Gasteiger partial charge in [0, 0.05) is 0 Å². The lowest BCUT2D eigenvalue weighted by Gasteiger charge is -2.17. The molecule has 25 heavy (non-hydrogen) atoms. The number of carbonyl (C=O) groups excluding carboxylic acids is 1. The van der Waals surface area contributed by atoms with Gasteiger partial charge in [-0.1, -0.05) is 0 Å². The molecule has 1 aromatic carbocycles. The molecule has 0 atom stereocenters. The number of benzene rings is 1. The first kappa shape index (κ1) is 20.9. The average Bonchev–Trinajstić information content (AvgIpc) is 2.36. The van der Waals surface area contributed by atoms with Crippen LogP contribution in [0.3, 0.4) is 0 Å². The third kappa shape index (κ3) is 4.28. The molecular formula is C10H4F8O6S. The van der Waals surface area contributed by atoms with Gasteiger partial charge in [-0.3, -0.25) is 4.55 Å². The number of ether oxygens (including phenoxy) is 1. The first-order valence-electron chi connectivity index (χ1n) is 5.47. The molecule has 0 fully saturated rings. The standard InChI is InChI=1S/C10H4F8O6S/c11-8(12,13)4-1-3(2-5(6(4)19)9(14,15)16)24-7(20)10(17,18)25(21,22)23/h1-2,19H,(H,21,22,23). The normalized spacial score (nSPS) is 13.6. The predicted octanol–water partition coefficient (Wildman–Crippen LogP) is 2.82. The van der Waals surface area contributed by atoms with E-state index in [1.807, 2.05) is 0 Å². The SMILES string of the molecule is O=C(Oc1cc(C(F)(F)F)c(O)c(C(F)(F)F)c1)C(F)(F)S(=O)(=O)O. The van der Waals surface area contributed by atoms with Crippen LogP contribution in [0.15, 0.2) is 12.1 Å². The number of aromatic hydroxyl groups is 1. The molecule has 0 saturated carbocycles. The van der Waals surface area contributed by atoms with Crippen molar-refractivity contribution in [2.24, 2.45) is 0 Å². The number of rotatable bonds is 3. The zero-order valence-electron chi connectivity index (χ0n) is 11.1. The van der Waals surface area contributed by atoms with Gasteiger partial charge in [0.25, 0.3) is 0 Å². The molecule has 0 aliphatic heterocycles. The Morgan fingerprint density at radius 3 is 1.56 bits per heavy atom. The molecule has 0 saturated heterocycles. The Hall–Kier alpha value is -2.16. The van der Waals surface area contributed by atoms with Crippen molar-refractivity contribution in [3.63, 3.8) is 0 Å². The lowest BCUT2D eigenvalue weighted by atomic mass is 10.1. The molecule has 2 N–H and O–H groups in total. The first-order valence-corrected chi connectivity index (χ1v) is 6.91. The van der Waals surface area contributed by atoms with E-state index in [9.17, 15) is 48.3 Å². The second-order valence-corrected chi connectivity index (χ2v) is 5.71. The zero-order valence-corrected chi connectivity index (χ0v) is 11.9. The van der Waals surface area contributed by atoms with Crippen molar-refractivity contribution in [2.75, 3.05) is 0 Å². The number of halogens is 8. The highest BCUT2D eigenvalue weighted by Gasteiger charge is 2.54. The zero-order chi connectivity index (χ0) is 20.0. The van der Waals surface area contributed by atoms with Crippen LogP contribution in [0.4, 0.5) is 35.1 Å². The molecule has 0 unspecified atom stereocenters. The molecule has 0 radical (unpaired) electrons. The van der Waals surface area contributed by atoms with E-state index in [1.165, 1.54) is 0 Å². The Bertz CT molecular complexity index is 760. The van der Waals surface area contributed by atoms with Gasteiger partial charge in [-0.15, -0.1) is 0 Å². The fourth-order valence-electron chi connectivity index (χ4n) is 1.37. The van der Waals surface area contributed by atoms with E-state index in [2.05, 4.69) is 4.74 Å². The summed E-state index contributed by atoms with van der Waals surface area (Å²) >= 11 is 0. The molecule has 142 valence electrons. The van der Waals surface area contributed by atoms with Crippen molar-refractivity contribution in [3.8, 4) is 11.5 Å². The molecule has 0 aliphatic carbocycles. The number of carbonyl (C=O) groups is 1. The molecule has 0 aliphatic rings. The summed E-state index contributed by atoms with van der Waals surface area (Å²) in [5, 5.41) is 3.38. The van der Waals surface area contributed by atoms with Gasteiger partial charge < -0.3 is 9.84 Å². The van der Waals surface area contributed by atoms with Crippen LogP contribution in [0.2, 0.25) is 0 Å². The lowest BCUT2D eigenvalue weighted by molar-refractivity contribution is -0.153. The van der Waals surface area contributed by atoms with Crippen molar-refractivity contribution in [1.82, 2.24) is 0 Å². The summed E-state index contributed by atoms with van der Waals surface area (Å²) in [5.41, 5.74) is -4.78. The van der Waals surface area contributed by atoms with Crippen LogP contribution < -0.4 is 4.74 Å². The smallest absolute Gasteiger partial charge is 0.466 e. The molecule has 1 rings (SSSR count). The van der Waals surface area contributed by atoms with Crippen LogP contribution in [-0.4, -0.2) is 29.3 Å². The number of hydrogen-bond acceptors (Lipinski definition) is 5. The minimum absolute atomic E-state index is 0.442. The second-order valence-electron chi connectivity index (χ2n) is 4.24. The Morgan fingerprint density at radius 1 is 0.920 bits per heavy atom. The molecular weight excluding hydrogens is 400 g/mol. The van der Waals surface area contributed by atoms with Crippen LogP contribution in [0.5, 0.6) is 11.5 Å². The van der Waals surface area contributed by atoms with Crippen LogP contribution in [0.25, 0.3) is 0 Å². The van der Waals surface area contributed by atoms with Crippen molar-refractivity contribution >= 4 is 16.1 Å². The summed E-state index contributed by atoms with van der Waals surface area (Å²) in [6.45, 7) is 0. The summed E-state index contributed by atoms with van der Waals surface area (Å²) in [4.78, 5) is 11.0. The van der Waals surface area contributed by atoms with Crippen molar-refractivity contribution in [1.29, 1.82) is 0 Å². The van der Waals surface area contributed by atoms with Crippen LogP contribution >= 0.6 is 0 Å². The largest absolute Gasteiger partial charge is 0.507 e. The fraction of sp³-hybridized carbons (Fsp3) is 0.300. The minimum atomic E-state index is -6.41. The summed E-state index contributed by atoms with van der Waals surface area (Å²) < 4.78 is 134. The Balaban J connectivity index is 3.50. The van der Waals surface area contributed by atoms with Gasteiger partial charge >= 0.3 is 33.7 Å². The third-order valence-corrected chi connectivity index (χ3v) is 3.28. The molecule has 6 nitrogen and oxygen atoms in total. The van der Waals surface area contributed by atoms with E-state index in [-0.39, 0.29) is 0 Å². The van der Waals surface area contributed by atoms with Crippen LogP contribution in [0.1, 0.15) is 11.1 Å². The van der Waals surface area contributed by atoms with Gasteiger partial charge in [-0.25, -0.2) is 4.79 Å². The highest BCUT2D eigenvalue weighted by atomic mass is 32.2. The second kappa shape index (κ2) is 5.98. The number of hydrogen-bond donors (Lipinski definition) is 2. The minimum Gasteiger partial charge on any atom is -0.507 e. The quantitative estimate of drug-likeness (QED) is 0.348. The van der Waals surface area contributed by atoms with Gasteiger partial charge in [0.1, 0.15) is 22.6 Å². The predicted molar refractivity (Wildman–Crippen MR) is 60.2 cm³/mol. The maximum Gasteiger partial charge on any atom is 0.466 e.